The number of hydrogen-bond acceptors (Lipinski definition) is 4. The van der Waals surface area contributed by atoms with Gasteiger partial charge in [-0.1, -0.05) is 6.07 Å². The van der Waals surface area contributed by atoms with Crippen molar-refractivity contribution in [3.63, 3.8) is 0 Å². The molecule has 0 fully saturated rings. The van der Waals surface area contributed by atoms with Crippen LogP contribution in [-0.2, 0) is 12.6 Å². The lowest BCUT2D eigenvalue weighted by Crippen LogP contribution is -2.25. The lowest BCUT2D eigenvalue weighted by molar-refractivity contribution is 0.0939. The van der Waals surface area contributed by atoms with E-state index in [1.807, 2.05) is 6.07 Å². The average Bonchev–Trinajstić information content (AvgIpc) is 2.76. The maximum Gasteiger partial charge on any atom is 0.133 e. The molecule has 0 aliphatic heterocycles. The fraction of sp³-hybridized carbons (Fsp3) is 0.231. The predicted octanol–water partition coefficient (Wildman–Crippen LogP) is 1.25. The molecule has 1 atom stereocenters. The van der Waals surface area contributed by atoms with E-state index in [-0.39, 0.29) is 11.3 Å². The Labute approximate surface area is 105 Å². The highest BCUT2D eigenvalue weighted by atomic mass is 16.3. The predicted molar refractivity (Wildman–Crippen MR) is 64.7 cm³/mol. The van der Waals surface area contributed by atoms with Gasteiger partial charge in [-0.15, -0.1) is 0 Å². The number of aryl methyl sites for hydroxylation is 1. The SMILES string of the molecule is Cn1cncc1C(C)(O)c1ccc(C#N)c(O)c1. The molecule has 0 spiro atoms. The van der Waals surface area contributed by atoms with E-state index in [0.29, 0.717) is 11.3 Å². The minimum absolute atomic E-state index is 0.141. The second kappa shape index (κ2) is 4.17. The summed E-state index contributed by atoms with van der Waals surface area (Å²) in [7, 11) is 1.78. The molecule has 1 heterocycles. The van der Waals surface area contributed by atoms with Gasteiger partial charge in [-0.3, -0.25) is 0 Å². The molecule has 1 aromatic heterocycles. The van der Waals surface area contributed by atoms with Gasteiger partial charge >= 0.3 is 0 Å². The number of aromatic nitrogens is 2. The molecule has 92 valence electrons. The summed E-state index contributed by atoms with van der Waals surface area (Å²) in [5.41, 5.74) is 0.00486. The Bertz CT molecular complexity index is 623. The van der Waals surface area contributed by atoms with Gasteiger partial charge in [0.15, 0.2) is 0 Å². The molecule has 0 saturated heterocycles. The zero-order valence-electron chi connectivity index (χ0n) is 10.1. The fourth-order valence-electron chi connectivity index (χ4n) is 1.90. The van der Waals surface area contributed by atoms with Gasteiger partial charge in [0.25, 0.3) is 0 Å². The summed E-state index contributed by atoms with van der Waals surface area (Å²) in [6.45, 7) is 1.62. The van der Waals surface area contributed by atoms with Crippen LogP contribution < -0.4 is 0 Å². The lowest BCUT2D eigenvalue weighted by Gasteiger charge is -2.24. The van der Waals surface area contributed by atoms with E-state index < -0.39 is 5.60 Å². The first-order valence-electron chi connectivity index (χ1n) is 5.39. The van der Waals surface area contributed by atoms with Crippen molar-refractivity contribution in [1.82, 2.24) is 9.55 Å². The number of benzene rings is 1. The zero-order chi connectivity index (χ0) is 13.3. The van der Waals surface area contributed by atoms with E-state index in [4.69, 9.17) is 5.26 Å². The van der Waals surface area contributed by atoms with Gasteiger partial charge < -0.3 is 14.8 Å². The van der Waals surface area contributed by atoms with Crippen molar-refractivity contribution < 1.29 is 10.2 Å². The van der Waals surface area contributed by atoms with Crippen molar-refractivity contribution in [3.8, 4) is 11.8 Å². The molecule has 1 aromatic carbocycles. The zero-order valence-corrected chi connectivity index (χ0v) is 10.1. The molecule has 0 saturated carbocycles. The van der Waals surface area contributed by atoms with Crippen LogP contribution in [0.25, 0.3) is 0 Å². The summed E-state index contributed by atoms with van der Waals surface area (Å²) in [5.74, 6) is -0.141. The highest BCUT2D eigenvalue weighted by Crippen LogP contribution is 2.31. The summed E-state index contributed by atoms with van der Waals surface area (Å²) in [4.78, 5) is 3.96. The van der Waals surface area contributed by atoms with Gasteiger partial charge in [0, 0.05) is 7.05 Å². The first-order chi connectivity index (χ1) is 8.46. The molecular formula is C13H13N3O2. The summed E-state index contributed by atoms with van der Waals surface area (Å²) in [6, 6.07) is 6.36. The van der Waals surface area contributed by atoms with E-state index in [9.17, 15) is 10.2 Å². The van der Waals surface area contributed by atoms with Crippen molar-refractivity contribution >= 4 is 0 Å². The number of hydrogen-bond donors (Lipinski definition) is 2. The first kappa shape index (κ1) is 12.1. The molecule has 2 N–H and O–H groups in total. The number of aliphatic hydroxyl groups is 1. The first-order valence-corrected chi connectivity index (χ1v) is 5.39. The van der Waals surface area contributed by atoms with E-state index in [0.717, 1.165) is 0 Å². The number of rotatable bonds is 2. The molecule has 0 aliphatic carbocycles. The molecule has 0 aliphatic rings. The fourth-order valence-corrected chi connectivity index (χ4v) is 1.90. The number of nitriles is 1. The highest BCUT2D eigenvalue weighted by molar-refractivity contribution is 5.47. The van der Waals surface area contributed by atoms with Gasteiger partial charge in [-0.2, -0.15) is 5.26 Å². The van der Waals surface area contributed by atoms with Crippen LogP contribution in [0.4, 0.5) is 0 Å². The summed E-state index contributed by atoms with van der Waals surface area (Å²) >= 11 is 0. The molecule has 2 aromatic rings. The van der Waals surface area contributed by atoms with Crippen LogP contribution in [-0.4, -0.2) is 19.8 Å². The Morgan fingerprint density at radius 2 is 2.17 bits per heavy atom. The van der Waals surface area contributed by atoms with Crippen molar-refractivity contribution in [3.05, 3.63) is 47.5 Å². The van der Waals surface area contributed by atoms with Gasteiger partial charge in [0.1, 0.15) is 17.4 Å². The lowest BCUT2D eigenvalue weighted by atomic mass is 9.92. The van der Waals surface area contributed by atoms with Gasteiger partial charge in [-0.25, -0.2) is 4.98 Å². The Hall–Kier alpha value is -2.32. The van der Waals surface area contributed by atoms with Crippen molar-refractivity contribution in [1.29, 1.82) is 5.26 Å². The van der Waals surface area contributed by atoms with Crippen LogP contribution >= 0.6 is 0 Å². The monoisotopic (exact) mass is 243 g/mol. The van der Waals surface area contributed by atoms with Crippen LogP contribution in [0.2, 0.25) is 0 Å². The minimum atomic E-state index is -1.28. The molecule has 2 rings (SSSR count). The normalized spacial score (nSPS) is 13.9. The minimum Gasteiger partial charge on any atom is -0.507 e. The smallest absolute Gasteiger partial charge is 0.133 e. The van der Waals surface area contributed by atoms with Crippen molar-refractivity contribution in [2.75, 3.05) is 0 Å². The van der Waals surface area contributed by atoms with Gasteiger partial charge in [0.05, 0.1) is 23.8 Å². The standard InChI is InChI=1S/C13H13N3O2/c1-13(18,12-7-15-8-16(12)2)10-4-3-9(6-14)11(17)5-10/h3-5,7-8,17-18H,1-2H3. The second-order valence-corrected chi connectivity index (χ2v) is 4.31. The second-order valence-electron chi connectivity index (χ2n) is 4.31. The molecule has 5 heteroatoms. The number of aromatic hydroxyl groups is 1. The quantitative estimate of drug-likeness (QED) is 0.831. The molecule has 0 bridgehead atoms. The molecule has 5 nitrogen and oxygen atoms in total. The Kier molecular flexibility index (Phi) is 2.81. The maximum atomic E-state index is 10.6. The third-order valence-corrected chi connectivity index (χ3v) is 3.00. The molecular weight excluding hydrogens is 230 g/mol. The third-order valence-electron chi connectivity index (χ3n) is 3.00. The Morgan fingerprint density at radius 3 is 2.67 bits per heavy atom. The van der Waals surface area contributed by atoms with E-state index in [2.05, 4.69) is 4.98 Å². The topological polar surface area (TPSA) is 82.1 Å². The average molecular weight is 243 g/mol. The number of phenolic OH excluding ortho intramolecular Hbond substituents is 1. The van der Waals surface area contributed by atoms with E-state index in [1.54, 1.807) is 37.1 Å². The molecule has 1 unspecified atom stereocenters. The molecule has 0 amide bonds. The summed E-state index contributed by atoms with van der Waals surface area (Å²) < 4.78 is 1.70. The third kappa shape index (κ3) is 1.83. The van der Waals surface area contributed by atoms with Crippen molar-refractivity contribution in [2.45, 2.75) is 12.5 Å². The number of imidazole rings is 1. The van der Waals surface area contributed by atoms with Crippen LogP contribution in [0.1, 0.15) is 23.7 Å². The van der Waals surface area contributed by atoms with Crippen LogP contribution in [0.15, 0.2) is 30.7 Å². The Morgan fingerprint density at radius 1 is 1.44 bits per heavy atom. The maximum absolute atomic E-state index is 10.6. The molecule has 18 heavy (non-hydrogen) atoms. The van der Waals surface area contributed by atoms with Crippen molar-refractivity contribution in [2.24, 2.45) is 7.05 Å². The van der Waals surface area contributed by atoms with Crippen LogP contribution in [0.5, 0.6) is 5.75 Å². The number of nitrogens with zero attached hydrogens (tertiary/aromatic N) is 3. The number of phenols is 1. The Balaban J connectivity index is 2.52. The van der Waals surface area contributed by atoms with Crippen LogP contribution in [0.3, 0.4) is 0 Å². The largest absolute Gasteiger partial charge is 0.507 e. The van der Waals surface area contributed by atoms with Crippen LogP contribution in [0, 0.1) is 11.3 Å². The van der Waals surface area contributed by atoms with Gasteiger partial charge in [-0.05, 0) is 24.6 Å². The molecule has 0 radical (unpaired) electrons. The van der Waals surface area contributed by atoms with Gasteiger partial charge in [0.2, 0.25) is 0 Å². The van der Waals surface area contributed by atoms with E-state index >= 15 is 0 Å². The summed E-state index contributed by atoms with van der Waals surface area (Å²) in [5, 5.41) is 29.0. The highest BCUT2D eigenvalue weighted by Gasteiger charge is 2.29. The van der Waals surface area contributed by atoms with E-state index in [1.165, 1.54) is 12.1 Å². The summed E-state index contributed by atoms with van der Waals surface area (Å²) in [6.07, 6.45) is 3.16.